The fourth-order valence-electron chi connectivity index (χ4n) is 0.967. The number of hydrogen-bond acceptors (Lipinski definition) is 2. The van der Waals surface area contributed by atoms with Gasteiger partial charge in [-0.1, -0.05) is 31.6 Å². The molecule has 0 spiro atoms. The van der Waals surface area contributed by atoms with Crippen molar-refractivity contribution in [3.05, 3.63) is 23.3 Å². The topological polar surface area (TPSA) is 26.3 Å². The number of esters is 1. The van der Waals surface area contributed by atoms with Crippen LogP contribution in [0.3, 0.4) is 0 Å². The zero-order valence-corrected chi connectivity index (χ0v) is 9.76. The van der Waals surface area contributed by atoms with Crippen LogP contribution in [-0.2, 0) is 9.53 Å². The molecule has 0 aromatic heterocycles. The number of rotatable bonds is 4. The lowest BCUT2D eigenvalue weighted by Gasteiger charge is -2.09. The molecule has 0 aromatic rings. The normalized spacial score (nSPS) is 11.4. The van der Waals surface area contributed by atoms with E-state index in [9.17, 15) is 4.79 Å². The van der Waals surface area contributed by atoms with Crippen molar-refractivity contribution in [2.45, 2.75) is 34.6 Å². The molecule has 0 bridgehead atoms. The van der Waals surface area contributed by atoms with Gasteiger partial charge >= 0.3 is 5.97 Å². The van der Waals surface area contributed by atoms with Crippen LogP contribution < -0.4 is 0 Å². The molecular weight excluding hydrogens is 176 g/mol. The molecule has 0 saturated heterocycles. The molecule has 14 heavy (non-hydrogen) atoms. The highest BCUT2D eigenvalue weighted by Crippen LogP contribution is 2.12. The van der Waals surface area contributed by atoms with E-state index in [0.717, 1.165) is 5.57 Å². The van der Waals surface area contributed by atoms with Crippen LogP contribution in [0.15, 0.2) is 23.3 Å². The van der Waals surface area contributed by atoms with E-state index < -0.39 is 0 Å². The Hall–Kier alpha value is -1.05. The van der Waals surface area contributed by atoms with Crippen LogP contribution in [0.25, 0.3) is 0 Å². The van der Waals surface area contributed by atoms with E-state index in [0.29, 0.717) is 6.61 Å². The number of hydrogen-bond donors (Lipinski definition) is 0. The van der Waals surface area contributed by atoms with Crippen molar-refractivity contribution < 1.29 is 9.53 Å². The van der Waals surface area contributed by atoms with Crippen LogP contribution in [0.2, 0.25) is 0 Å². The summed E-state index contributed by atoms with van der Waals surface area (Å²) in [7, 11) is 0. The molecular formula is C12H20O2. The van der Waals surface area contributed by atoms with Gasteiger partial charge in [0.25, 0.3) is 0 Å². The second-order valence-corrected chi connectivity index (χ2v) is 3.74. The summed E-state index contributed by atoms with van der Waals surface area (Å²) in [4.78, 5) is 11.5. The Morgan fingerprint density at radius 2 is 1.86 bits per heavy atom. The van der Waals surface area contributed by atoms with Gasteiger partial charge in [-0.15, -0.1) is 0 Å². The van der Waals surface area contributed by atoms with Crippen molar-refractivity contribution in [2.24, 2.45) is 5.92 Å². The summed E-state index contributed by atoms with van der Waals surface area (Å²) < 4.78 is 4.96. The van der Waals surface area contributed by atoms with E-state index in [1.807, 2.05) is 46.8 Å². The standard InChI is InChI=1S/C12H20O2/c1-6-14-12(13)11(10(4)5)8-7-9(2)3/h7-8,10H,6H2,1-5H3. The fourth-order valence-corrected chi connectivity index (χ4v) is 0.967. The number of ether oxygens (including phenoxy) is 1. The molecule has 0 amide bonds. The first-order valence-electron chi connectivity index (χ1n) is 5.01. The summed E-state index contributed by atoms with van der Waals surface area (Å²) in [6.45, 7) is 10.2. The molecule has 0 aliphatic rings. The Kier molecular flexibility index (Phi) is 5.93. The molecule has 0 fully saturated rings. The molecule has 0 atom stereocenters. The summed E-state index contributed by atoms with van der Waals surface area (Å²) in [5, 5.41) is 0. The predicted octanol–water partition coefficient (Wildman–Crippen LogP) is 3.10. The molecule has 0 saturated carbocycles. The summed E-state index contributed by atoms with van der Waals surface area (Å²) >= 11 is 0. The minimum atomic E-state index is -0.208. The third kappa shape index (κ3) is 4.85. The molecule has 2 nitrogen and oxygen atoms in total. The Morgan fingerprint density at radius 3 is 2.21 bits per heavy atom. The molecule has 0 aliphatic carbocycles. The summed E-state index contributed by atoms with van der Waals surface area (Å²) in [6.07, 6.45) is 3.78. The second kappa shape index (κ2) is 6.41. The average Bonchev–Trinajstić information content (AvgIpc) is 2.03. The van der Waals surface area contributed by atoms with Crippen LogP contribution in [-0.4, -0.2) is 12.6 Å². The zero-order valence-electron chi connectivity index (χ0n) is 9.76. The predicted molar refractivity (Wildman–Crippen MR) is 59.0 cm³/mol. The van der Waals surface area contributed by atoms with Crippen molar-refractivity contribution in [1.82, 2.24) is 0 Å². The van der Waals surface area contributed by atoms with Crippen molar-refractivity contribution in [1.29, 1.82) is 0 Å². The van der Waals surface area contributed by atoms with Crippen LogP contribution in [0, 0.1) is 5.92 Å². The van der Waals surface area contributed by atoms with Gasteiger partial charge in [-0.25, -0.2) is 4.79 Å². The Bertz CT molecular complexity index is 243. The third-order valence-corrected chi connectivity index (χ3v) is 1.73. The van der Waals surface area contributed by atoms with Gasteiger partial charge in [0, 0.05) is 5.57 Å². The van der Waals surface area contributed by atoms with Crippen molar-refractivity contribution in [2.75, 3.05) is 6.61 Å². The van der Waals surface area contributed by atoms with Gasteiger partial charge in [0.1, 0.15) is 0 Å². The monoisotopic (exact) mass is 196 g/mol. The zero-order chi connectivity index (χ0) is 11.1. The lowest BCUT2D eigenvalue weighted by atomic mass is 10.0. The highest BCUT2D eigenvalue weighted by atomic mass is 16.5. The molecule has 0 aromatic carbocycles. The number of carbonyl (C=O) groups excluding carboxylic acids is 1. The first-order chi connectivity index (χ1) is 6.49. The SMILES string of the molecule is CCOC(=O)C(=CC=C(C)C)C(C)C. The van der Waals surface area contributed by atoms with E-state index in [-0.39, 0.29) is 11.9 Å². The van der Waals surface area contributed by atoms with Gasteiger partial charge in [-0.05, 0) is 26.7 Å². The minimum absolute atomic E-state index is 0.199. The van der Waals surface area contributed by atoms with Gasteiger partial charge in [-0.2, -0.15) is 0 Å². The smallest absolute Gasteiger partial charge is 0.334 e. The highest BCUT2D eigenvalue weighted by Gasteiger charge is 2.12. The lowest BCUT2D eigenvalue weighted by Crippen LogP contribution is -2.12. The maximum atomic E-state index is 11.5. The maximum absolute atomic E-state index is 11.5. The molecule has 0 radical (unpaired) electrons. The first kappa shape index (κ1) is 12.9. The lowest BCUT2D eigenvalue weighted by molar-refractivity contribution is -0.139. The van der Waals surface area contributed by atoms with Crippen LogP contribution in [0.1, 0.15) is 34.6 Å². The van der Waals surface area contributed by atoms with E-state index >= 15 is 0 Å². The Morgan fingerprint density at radius 1 is 1.29 bits per heavy atom. The fraction of sp³-hybridized carbons (Fsp3) is 0.583. The van der Waals surface area contributed by atoms with E-state index in [1.165, 1.54) is 5.57 Å². The summed E-state index contributed by atoms with van der Waals surface area (Å²) in [5.74, 6) is -0.00958. The number of allylic oxidation sites excluding steroid dienone is 3. The minimum Gasteiger partial charge on any atom is -0.463 e. The molecule has 2 heteroatoms. The van der Waals surface area contributed by atoms with Gasteiger partial charge in [0.2, 0.25) is 0 Å². The Labute approximate surface area is 86.6 Å². The molecule has 0 aliphatic heterocycles. The molecule has 80 valence electrons. The summed E-state index contributed by atoms with van der Waals surface area (Å²) in [6, 6.07) is 0. The molecule has 0 heterocycles. The first-order valence-corrected chi connectivity index (χ1v) is 5.01. The highest BCUT2D eigenvalue weighted by molar-refractivity contribution is 5.89. The van der Waals surface area contributed by atoms with Crippen molar-refractivity contribution in [3.8, 4) is 0 Å². The van der Waals surface area contributed by atoms with Crippen LogP contribution in [0.5, 0.6) is 0 Å². The molecule has 0 unspecified atom stereocenters. The average molecular weight is 196 g/mol. The van der Waals surface area contributed by atoms with Crippen LogP contribution in [0.4, 0.5) is 0 Å². The van der Waals surface area contributed by atoms with Crippen molar-refractivity contribution >= 4 is 5.97 Å². The number of carbonyl (C=O) groups is 1. The second-order valence-electron chi connectivity index (χ2n) is 3.74. The van der Waals surface area contributed by atoms with Crippen molar-refractivity contribution in [3.63, 3.8) is 0 Å². The van der Waals surface area contributed by atoms with E-state index in [1.54, 1.807) is 0 Å². The largest absolute Gasteiger partial charge is 0.463 e. The van der Waals surface area contributed by atoms with Gasteiger partial charge in [0.15, 0.2) is 0 Å². The summed E-state index contributed by atoms with van der Waals surface area (Å²) in [5.41, 5.74) is 1.90. The van der Waals surface area contributed by atoms with Gasteiger partial charge in [0.05, 0.1) is 6.61 Å². The molecule has 0 rings (SSSR count). The van der Waals surface area contributed by atoms with E-state index in [4.69, 9.17) is 4.74 Å². The Balaban J connectivity index is 4.68. The maximum Gasteiger partial charge on any atom is 0.334 e. The van der Waals surface area contributed by atoms with Crippen LogP contribution >= 0.6 is 0 Å². The van der Waals surface area contributed by atoms with Gasteiger partial charge < -0.3 is 4.74 Å². The third-order valence-electron chi connectivity index (χ3n) is 1.73. The molecule has 0 N–H and O–H groups in total. The van der Waals surface area contributed by atoms with Gasteiger partial charge in [-0.3, -0.25) is 0 Å². The quantitative estimate of drug-likeness (QED) is 0.392. The van der Waals surface area contributed by atoms with E-state index in [2.05, 4.69) is 0 Å².